The molecule has 1 saturated heterocycles. The molecule has 7 heteroatoms. The molecule has 0 unspecified atom stereocenters. The summed E-state index contributed by atoms with van der Waals surface area (Å²) in [6.07, 6.45) is 2.38. The number of nitrogens with one attached hydrogen (secondary N) is 1. The minimum Gasteiger partial charge on any atom is -0.507 e. The lowest BCUT2D eigenvalue weighted by molar-refractivity contribution is -0.119. The second-order valence-corrected chi connectivity index (χ2v) is 7.22. The predicted molar refractivity (Wildman–Crippen MR) is 111 cm³/mol. The van der Waals surface area contributed by atoms with Crippen LogP contribution in [0.2, 0.25) is 0 Å². The molecular formula is C22H26N2O5. The maximum absolute atomic E-state index is 12.1. The van der Waals surface area contributed by atoms with Crippen LogP contribution in [0.1, 0.15) is 30.1 Å². The highest BCUT2D eigenvalue weighted by Crippen LogP contribution is 2.25. The van der Waals surface area contributed by atoms with Crippen molar-refractivity contribution in [3.63, 3.8) is 0 Å². The number of aromatic hydroxyl groups is 1. The fraction of sp³-hybridized carbons (Fsp3) is 0.364. The average molecular weight is 398 g/mol. The van der Waals surface area contributed by atoms with Gasteiger partial charge in [0.25, 0.3) is 5.91 Å². The number of hydrogen-bond acceptors (Lipinski definition) is 6. The summed E-state index contributed by atoms with van der Waals surface area (Å²) in [6, 6.07) is 11.8. The third-order valence-corrected chi connectivity index (χ3v) is 5.06. The van der Waals surface area contributed by atoms with Gasteiger partial charge in [0.05, 0.1) is 7.11 Å². The van der Waals surface area contributed by atoms with Gasteiger partial charge in [-0.2, -0.15) is 0 Å². The fourth-order valence-electron chi connectivity index (χ4n) is 3.24. The zero-order valence-electron chi connectivity index (χ0n) is 16.7. The molecule has 2 aromatic rings. The van der Waals surface area contributed by atoms with E-state index in [-0.39, 0.29) is 11.3 Å². The van der Waals surface area contributed by atoms with Crippen LogP contribution in [0, 0.1) is 5.92 Å². The van der Waals surface area contributed by atoms with Crippen molar-refractivity contribution < 1.29 is 24.2 Å². The molecule has 0 spiro atoms. The summed E-state index contributed by atoms with van der Waals surface area (Å²) in [5, 5.41) is 12.6. The highest BCUT2D eigenvalue weighted by atomic mass is 16.5. The highest BCUT2D eigenvalue weighted by Gasteiger charge is 2.17. The summed E-state index contributed by atoms with van der Waals surface area (Å²) >= 11 is 0. The Kier molecular flexibility index (Phi) is 6.59. The second kappa shape index (κ2) is 9.32. The van der Waals surface area contributed by atoms with Crippen LogP contribution in [0.3, 0.4) is 0 Å². The molecule has 29 heavy (non-hydrogen) atoms. The molecule has 0 aliphatic carbocycles. The van der Waals surface area contributed by atoms with Gasteiger partial charge in [-0.3, -0.25) is 4.79 Å². The van der Waals surface area contributed by atoms with Crippen LogP contribution < -0.4 is 15.0 Å². The van der Waals surface area contributed by atoms with Crippen molar-refractivity contribution in [2.45, 2.75) is 19.8 Å². The first-order valence-electron chi connectivity index (χ1n) is 9.65. The molecule has 7 nitrogen and oxygen atoms in total. The van der Waals surface area contributed by atoms with Crippen molar-refractivity contribution in [1.82, 2.24) is 0 Å². The molecule has 2 N–H and O–H groups in total. The summed E-state index contributed by atoms with van der Waals surface area (Å²) in [4.78, 5) is 26.5. The normalized spacial score (nSPS) is 14.3. The monoisotopic (exact) mass is 398 g/mol. The van der Waals surface area contributed by atoms with E-state index in [4.69, 9.17) is 9.47 Å². The Balaban J connectivity index is 1.49. The van der Waals surface area contributed by atoms with Crippen LogP contribution in [-0.4, -0.2) is 43.8 Å². The maximum Gasteiger partial charge on any atom is 0.342 e. The van der Waals surface area contributed by atoms with Crippen LogP contribution in [0.25, 0.3) is 0 Å². The van der Waals surface area contributed by atoms with Gasteiger partial charge < -0.3 is 24.8 Å². The molecule has 0 radical (unpaired) electrons. The van der Waals surface area contributed by atoms with Crippen LogP contribution in [-0.2, 0) is 9.53 Å². The molecule has 154 valence electrons. The highest BCUT2D eigenvalue weighted by molar-refractivity contribution is 5.96. The largest absolute Gasteiger partial charge is 0.507 e. The van der Waals surface area contributed by atoms with Crippen molar-refractivity contribution in [3.8, 4) is 11.5 Å². The molecule has 0 aromatic heterocycles. The molecule has 1 heterocycles. The van der Waals surface area contributed by atoms with Crippen molar-refractivity contribution >= 4 is 23.3 Å². The molecule has 2 aromatic carbocycles. The number of nitrogens with zero attached hydrogens (tertiary/aromatic N) is 1. The van der Waals surface area contributed by atoms with Gasteiger partial charge >= 0.3 is 5.97 Å². The first-order valence-corrected chi connectivity index (χ1v) is 9.65. The van der Waals surface area contributed by atoms with Gasteiger partial charge in [-0.15, -0.1) is 0 Å². The molecule has 1 fully saturated rings. The Morgan fingerprint density at radius 1 is 1.14 bits per heavy atom. The number of esters is 1. The maximum atomic E-state index is 12.1. The summed E-state index contributed by atoms with van der Waals surface area (Å²) in [5.74, 6) is -0.315. The van der Waals surface area contributed by atoms with Gasteiger partial charge in [0.2, 0.25) is 0 Å². The first kappa shape index (κ1) is 20.5. The Labute approximate surface area is 170 Å². The van der Waals surface area contributed by atoms with Gasteiger partial charge in [-0.1, -0.05) is 6.92 Å². The van der Waals surface area contributed by atoms with Crippen molar-refractivity contribution in [1.29, 1.82) is 0 Å². The number of carbonyl (C=O) groups is 2. The number of methoxy groups -OCH3 is 1. The number of amides is 1. The zero-order chi connectivity index (χ0) is 20.8. The van der Waals surface area contributed by atoms with E-state index in [1.54, 1.807) is 0 Å². The molecule has 1 aliphatic heterocycles. The Bertz CT molecular complexity index is 858. The summed E-state index contributed by atoms with van der Waals surface area (Å²) in [7, 11) is 1.46. The summed E-state index contributed by atoms with van der Waals surface area (Å²) in [6.45, 7) is 3.91. The quantitative estimate of drug-likeness (QED) is 0.725. The van der Waals surface area contributed by atoms with E-state index in [0.29, 0.717) is 11.4 Å². The van der Waals surface area contributed by atoms with Crippen molar-refractivity contribution in [2.24, 2.45) is 5.92 Å². The summed E-state index contributed by atoms with van der Waals surface area (Å²) < 4.78 is 9.95. The number of phenolic OH excluding ortho intramolecular Hbond substituents is 1. The van der Waals surface area contributed by atoms with Gasteiger partial charge in [0.1, 0.15) is 17.1 Å². The van der Waals surface area contributed by atoms with Gasteiger partial charge in [0, 0.05) is 30.5 Å². The SMILES string of the molecule is COc1ccc(C(=O)OCC(=O)Nc2ccc(N3CCC(C)CC3)cc2)c(O)c1. The minimum absolute atomic E-state index is 0.0289. The number of benzene rings is 2. The third-order valence-electron chi connectivity index (χ3n) is 5.06. The molecule has 0 atom stereocenters. The third kappa shape index (κ3) is 5.40. The van der Waals surface area contributed by atoms with Crippen molar-refractivity contribution in [3.05, 3.63) is 48.0 Å². The van der Waals surface area contributed by atoms with Crippen LogP contribution >= 0.6 is 0 Å². The second-order valence-electron chi connectivity index (χ2n) is 7.22. The van der Waals surface area contributed by atoms with Gasteiger partial charge in [-0.05, 0) is 55.2 Å². The Hall–Kier alpha value is -3.22. The van der Waals surface area contributed by atoms with E-state index in [9.17, 15) is 14.7 Å². The van der Waals surface area contributed by atoms with Gasteiger partial charge in [-0.25, -0.2) is 4.79 Å². The molecule has 3 rings (SSSR count). The number of piperidine rings is 1. The van der Waals surface area contributed by atoms with Crippen LogP contribution in [0.5, 0.6) is 11.5 Å². The zero-order valence-corrected chi connectivity index (χ0v) is 16.7. The predicted octanol–water partition coefficient (Wildman–Crippen LogP) is 3.43. The fourth-order valence-corrected chi connectivity index (χ4v) is 3.24. The number of hydrogen-bond donors (Lipinski definition) is 2. The molecule has 0 saturated carbocycles. The van der Waals surface area contributed by atoms with E-state index in [2.05, 4.69) is 17.1 Å². The topological polar surface area (TPSA) is 88.1 Å². The lowest BCUT2D eigenvalue weighted by atomic mass is 9.99. The lowest BCUT2D eigenvalue weighted by Crippen LogP contribution is -2.32. The molecular weight excluding hydrogens is 372 g/mol. The molecule has 1 amide bonds. The van der Waals surface area contributed by atoms with Crippen molar-refractivity contribution in [2.75, 3.05) is 37.0 Å². The lowest BCUT2D eigenvalue weighted by Gasteiger charge is -2.32. The van der Waals surface area contributed by atoms with E-state index in [1.807, 2.05) is 24.3 Å². The first-order chi connectivity index (χ1) is 14.0. The Morgan fingerprint density at radius 2 is 1.83 bits per heavy atom. The number of rotatable bonds is 6. The van der Waals surface area contributed by atoms with Crippen LogP contribution in [0.4, 0.5) is 11.4 Å². The summed E-state index contributed by atoms with van der Waals surface area (Å²) in [5.41, 5.74) is 1.74. The Morgan fingerprint density at radius 3 is 2.45 bits per heavy atom. The average Bonchev–Trinajstić information content (AvgIpc) is 2.73. The molecule has 1 aliphatic rings. The number of anilines is 2. The standard InChI is InChI=1S/C22H26N2O5/c1-15-9-11-24(12-10-15)17-5-3-16(4-6-17)23-21(26)14-29-22(27)19-8-7-18(28-2)13-20(19)25/h3-8,13,15,25H,9-12,14H2,1-2H3,(H,23,26). The molecule has 0 bridgehead atoms. The van der Waals surface area contributed by atoms with E-state index >= 15 is 0 Å². The van der Waals surface area contributed by atoms with E-state index in [0.717, 1.165) is 24.7 Å². The minimum atomic E-state index is -0.782. The van der Waals surface area contributed by atoms with E-state index < -0.39 is 18.5 Å². The number of carbonyl (C=O) groups excluding carboxylic acids is 2. The smallest absolute Gasteiger partial charge is 0.342 e. The number of phenols is 1. The van der Waals surface area contributed by atoms with Crippen LogP contribution in [0.15, 0.2) is 42.5 Å². The van der Waals surface area contributed by atoms with Gasteiger partial charge in [0.15, 0.2) is 6.61 Å². The van der Waals surface area contributed by atoms with E-state index in [1.165, 1.54) is 38.2 Å². The number of ether oxygens (including phenoxy) is 2.